The van der Waals surface area contributed by atoms with Crippen molar-refractivity contribution in [2.75, 3.05) is 13.1 Å². The summed E-state index contributed by atoms with van der Waals surface area (Å²) in [6.45, 7) is 2.73. The molecule has 0 radical (unpaired) electrons. The second-order valence-electron chi connectivity index (χ2n) is 2.59. The van der Waals surface area contributed by atoms with Crippen molar-refractivity contribution in [3.05, 3.63) is 0 Å². The lowest BCUT2D eigenvalue weighted by Crippen LogP contribution is -2.39. The van der Waals surface area contributed by atoms with Gasteiger partial charge in [-0.3, -0.25) is 0 Å². The van der Waals surface area contributed by atoms with Gasteiger partial charge in [0.2, 0.25) is 0 Å². The van der Waals surface area contributed by atoms with Crippen LogP contribution in [0.15, 0.2) is 0 Å². The van der Waals surface area contributed by atoms with E-state index in [2.05, 4.69) is 5.32 Å². The van der Waals surface area contributed by atoms with Crippen LogP contribution >= 0.6 is 0 Å². The first-order valence-electron chi connectivity index (χ1n) is 3.27. The van der Waals surface area contributed by atoms with Crippen molar-refractivity contribution >= 4 is 0 Å². The third-order valence-corrected chi connectivity index (χ3v) is 1.11. The normalized spacial score (nSPS) is 15.3. The number of hydrogen-bond donors (Lipinski definition) is 2. The highest BCUT2D eigenvalue weighted by Gasteiger charge is 2.20. The van der Waals surface area contributed by atoms with Crippen molar-refractivity contribution in [2.45, 2.75) is 25.8 Å². The first-order valence-corrected chi connectivity index (χ1v) is 3.27. The molecule has 0 spiro atoms. The third-order valence-electron chi connectivity index (χ3n) is 1.11. The molecule has 2 nitrogen and oxygen atoms in total. The van der Waals surface area contributed by atoms with Gasteiger partial charge in [-0.1, -0.05) is 0 Å². The highest BCUT2D eigenvalue weighted by atomic mass is 19.3. The van der Waals surface area contributed by atoms with E-state index >= 15 is 0 Å². The molecule has 0 bridgehead atoms. The molecule has 0 rings (SSSR count). The maximum atomic E-state index is 12.1. The molecule has 4 heteroatoms. The molecule has 0 aliphatic carbocycles. The first kappa shape index (κ1) is 9.78. The number of nitrogens with two attached hydrogens (primary N) is 1. The van der Waals surface area contributed by atoms with Crippen LogP contribution in [-0.4, -0.2) is 25.1 Å². The van der Waals surface area contributed by atoms with Crippen LogP contribution in [0.3, 0.4) is 0 Å². The number of rotatable bonds is 4. The van der Waals surface area contributed by atoms with E-state index in [-0.39, 0.29) is 12.6 Å². The van der Waals surface area contributed by atoms with Crippen LogP contribution in [0.4, 0.5) is 8.78 Å². The van der Waals surface area contributed by atoms with Crippen LogP contribution in [-0.2, 0) is 0 Å². The minimum Gasteiger partial charge on any atom is -0.329 e. The van der Waals surface area contributed by atoms with E-state index in [1.54, 1.807) is 6.92 Å². The van der Waals surface area contributed by atoms with Gasteiger partial charge in [0.05, 0.1) is 6.54 Å². The second kappa shape index (κ2) is 3.83. The van der Waals surface area contributed by atoms with Crippen LogP contribution in [0.1, 0.15) is 13.8 Å². The molecule has 0 fully saturated rings. The van der Waals surface area contributed by atoms with Crippen molar-refractivity contribution in [3.63, 3.8) is 0 Å². The fourth-order valence-electron chi connectivity index (χ4n) is 0.437. The van der Waals surface area contributed by atoms with E-state index < -0.39 is 5.92 Å². The average molecular weight is 152 g/mol. The summed E-state index contributed by atoms with van der Waals surface area (Å²) in [4.78, 5) is 0. The maximum Gasteiger partial charge on any atom is 0.257 e. The number of hydrogen-bond acceptors (Lipinski definition) is 2. The van der Waals surface area contributed by atoms with Gasteiger partial charge in [0.15, 0.2) is 0 Å². The van der Waals surface area contributed by atoms with Gasteiger partial charge in [-0.25, -0.2) is 8.78 Å². The topological polar surface area (TPSA) is 38.0 Å². The van der Waals surface area contributed by atoms with Crippen molar-refractivity contribution < 1.29 is 8.78 Å². The molecule has 0 aromatic rings. The van der Waals surface area contributed by atoms with Crippen LogP contribution in [0.25, 0.3) is 0 Å². The molecule has 3 N–H and O–H groups in total. The highest BCUT2D eigenvalue weighted by molar-refractivity contribution is 4.67. The molecule has 0 aliphatic heterocycles. The molecule has 0 aromatic heterocycles. The molecule has 0 amide bonds. The molecule has 62 valence electrons. The monoisotopic (exact) mass is 152 g/mol. The van der Waals surface area contributed by atoms with Gasteiger partial charge in [-0.15, -0.1) is 0 Å². The summed E-state index contributed by atoms with van der Waals surface area (Å²) in [6.07, 6.45) is 0. The zero-order valence-electron chi connectivity index (χ0n) is 6.32. The van der Waals surface area contributed by atoms with Crippen LogP contribution in [0, 0.1) is 0 Å². The van der Waals surface area contributed by atoms with Crippen LogP contribution in [0.5, 0.6) is 0 Å². The fraction of sp³-hybridized carbons (Fsp3) is 1.00. The van der Waals surface area contributed by atoms with E-state index in [0.717, 1.165) is 6.92 Å². The van der Waals surface area contributed by atoms with Gasteiger partial charge in [-0.2, -0.15) is 0 Å². The minimum absolute atomic E-state index is 0.0363. The lowest BCUT2D eigenvalue weighted by atomic mass is 10.3. The van der Waals surface area contributed by atoms with Gasteiger partial charge in [0, 0.05) is 19.5 Å². The van der Waals surface area contributed by atoms with Crippen molar-refractivity contribution in [1.82, 2.24) is 5.32 Å². The highest BCUT2D eigenvalue weighted by Crippen LogP contribution is 2.08. The zero-order chi connectivity index (χ0) is 8.20. The SMILES string of the molecule is C[C@@H](CN)NCC(C)(F)F. The van der Waals surface area contributed by atoms with Crippen LogP contribution in [0.2, 0.25) is 0 Å². The van der Waals surface area contributed by atoms with Gasteiger partial charge in [0.1, 0.15) is 0 Å². The number of alkyl halides is 2. The lowest BCUT2D eigenvalue weighted by Gasteiger charge is -2.15. The summed E-state index contributed by atoms with van der Waals surface area (Å²) in [6, 6.07) is -0.0363. The molecule has 0 saturated carbocycles. The number of halogens is 2. The standard InChI is InChI=1S/C6H14F2N2/c1-5(3-9)10-4-6(2,7)8/h5,10H,3-4,9H2,1-2H3/t5-/m0/s1. The van der Waals surface area contributed by atoms with Crippen molar-refractivity contribution in [1.29, 1.82) is 0 Å². The first-order chi connectivity index (χ1) is 4.45. The van der Waals surface area contributed by atoms with E-state index in [9.17, 15) is 8.78 Å². The molecule has 1 atom stereocenters. The molecule has 0 saturated heterocycles. The molecule has 0 aliphatic rings. The fourth-order valence-corrected chi connectivity index (χ4v) is 0.437. The Kier molecular flexibility index (Phi) is 3.75. The molecular formula is C6H14F2N2. The minimum atomic E-state index is -2.64. The Balaban J connectivity index is 3.36. The van der Waals surface area contributed by atoms with Crippen molar-refractivity contribution in [2.24, 2.45) is 5.73 Å². The summed E-state index contributed by atoms with van der Waals surface area (Å²) in [5.41, 5.74) is 5.19. The van der Waals surface area contributed by atoms with E-state index in [1.165, 1.54) is 0 Å². The maximum absolute atomic E-state index is 12.1. The number of nitrogens with one attached hydrogen (secondary N) is 1. The predicted octanol–water partition coefficient (Wildman–Crippen LogP) is 0.578. The second-order valence-corrected chi connectivity index (χ2v) is 2.59. The van der Waals surface area contributed by atoms with Gasteiger partial charge >= 0.3 is 0 Å². The van der Waals surface area contributed by atoms with Gasteiger partial charge < -0.3 is 11.1 Å². The van der Waals surface area contributed by atoms with Crippen molar-refractivity contribution in [3.8, 4) is 0 Å². The summed E-state index contributed by atoms with van der Waals surface area (Å²) >= 11 is 0. The Labute approximate surface area is 59.8 Å². The summed E-state index contributed by atoms with van der Waals surface area (Å²) in [5, 5.41) is 2.60. The Hall–Kier alpha value is -0.220. The predicted molar refractivity (Wildman–Crippen MR) is 37.1 cm³/mol. The molecular weight excluding hydrogens is 138 g/mol. The summed E-state index contributed by atoms with van der Waals surface area (Å²) in [7, 11) is 0. The molecule has 0 aromatic carbocycles. The van der Waals surface area contributed by atoms with Crippen LogP contribution < -0.4 is 11.1 Å². The smallest absolute Gasteiger partial charge is 0.257 e. The largest absolute Gasteiger partial charge is 0.329 e. The Morgan fingerprint density at radius 2 is 2.10 bits per heavy atom. The molecule has 0 unspecified atom stereocenters. The zero-order valence-corrected chi connectivity index (χ0v) is 6.32. The Bertz CT molecular complexity index is 90.2. The summed E-state index contributed by atoms with van der Waals surface area (Å²) < 4.78 is 24.2. The Morgan fingerprint density at radius 1 is 1.60 bits per heavy atom. The van der Waals surface area contributed by atoms with E-state index in [1.807, 2.05) is 0 Å². The third kappa shape index (κ3) is 5.91. The average Bonchev–Trinajstić information content (AvgIpc) is 1.81. The Morgan fingerprint density at radius 3 is 2.40 bits per heavy atom. The van der Waals surface area contributed by atoms with E-state index in [0.29, 0.717) is 6.54 Å². The molecule has 0 heterocycles. The quantitative estimate of drug-likeness (QED) is 0.618. The molecule has 10 heavy (non-hydrogen) atoms. The van der Waals surface area contributed by atoms with Gasteiger partial charge in [-0.05, 0) is 6.92 Å². The van der Waals surface area contributed by atoms with Gasteiger partial charge in [0.25, 0.3) is 5.92 Å². The van der Waals surface area contributed by atoms with E-state index in [4.69, 9.17) is 5.73 Å². The lowest BCUT2D eigenvalue weighted by molar-refractivity contribution is 0.0206. The summed E-state index contributed by atoms with van der Waals surface area (Å²) in [5.74, 6) is -2.64.